The molecule has 1 amide bonds. The lowest BCUT2D eigenvalue weighted by Gasteiger charge is -2.15. The highest BCUT2D eigenvalue weighted by Gasteiger charge is 2.23. The molecule has 0 saturated heterocycles. The van der Waals surface area contributed by atoms with Crippen LogP contribution in [-0.2, 0) is 22.6 Å². The topological polar surface area (TPSA) is 90.3 Å². The highest BCUT2D eigenvalue weighted by atomic mass is 32.1. The van der Waals surface area contributed by atoms with E-state index in [0.717, 1.165) is 4.88 Å². The van der Waals surface area contributed by atoms with Crippen molar-refractivity contribution in [1.29, 1.82) is 0 Å². The van der Waals surface area contributed by atoms with Crippen molar-refractivity contribution in [3.63, 3.8) is 0 Å². The van der Waals surface area contributed by atoms with Gasteiger partial charge in [-0.25, -0.2) is 9.48 Å². The van der Waals surface area contributed by atoms with Gasteiger partial charge in [-0.3, -0.25) is 9.59 Å². The number of carbonyl (C=O) groups is 2. The highest BCUT2D eigenvalue weighted by molar-refractivity contribution is 7.09. The quantitative estimate of drug-likeness (QED) is 0.602. The Morgan fingerprint density at radius 3 is 2.52 bits per heavy atom. The largest absolute Gasteiger partial charge is 0.448 e. The molecule has 0 aliphatic carbocycles. The first-order chi connectivity index (χ1) is 13.9. The van der Waals surface area contributed by atoms with Crippen LogP contribution in [0.3, 0.4) is 0 Å². The third-order valence-electron chi connectivity index (χ3n) is 4.27. The molecular weight excluding hydrogens is 390 g/mol. The molecule has 152 valence electrons. The molecule has 1 aromatic carbocycles. The second-order valence-electron chi connectivity index (χ2n) is 7.12. The minimum absolute atomic E-state index is 0.0266. The summed E-state index contributed by atoms with van der Waals surface area (Å²) >= 11 is 1.53. The summed E-state index contributed by atoms with van der Waals surface area (Å²) in [4.78, 5) is 38.7. The van der Waals surface area contributed by atoms with E-state index in [4.69, 9.17) is 4.74 Å². The minimum atomic E-state index is -0.992. The summed E-state index contributed by atoms with van der Waals surface area (Å²) in [7, 11) is 0. The molecule has 0 unspecified atom stereocenters. The predicted octanol–water partition coefficient (Wildman–Crippen LogP) is 2.98. The van der Waals surface area contributed by atoms with Gasteiger partial charge in [-0.2, -0.15) is 5.10 Å². The van der Waals surface area contributed by atoms with E-state index < -0.39 is 18.0 Å². The molecule has 0 bridgehead atoms. The molecule has 0 spiro atoms. The molecular formula is C21H23N3O4S. The van der Waals surface area contributed by atoms with Crippen LogP contribution in [0.1, 0.15) is 36.1 Å². The van der Waals surface area contributed by atoms with Crippen molar-refractivity contribution in [2.75, 3.05) is 0 Å². The molecule has 7 nitrogen and oxygen atoms in total. The Balaban J connectivity index is 1.81. The molecule has 0 aliphatic rings. The Morgan fingerprint density at radius 2 is 1.86 bits per heavy atom. The SMILES string of the molecule is CC(C)Cn1nc(C(=O)O[C@@H](C)C(=O)NCc2cccs2)c2ccccc2c1=O. The molecule has 2 heterocycles. The number of thiophene rings is 1. The van der Waals surface area contributed by atoms with Crippen LogP contribution in [0.5, 0.6) is 0 Å². The molecule has 0 saturated carbocycles. The van der Waals surface area contributed by atoms with Crippen LogP contribution in [0, 0.1) is 5.92 Å². The Kier molecular flexibility index (Phi) is 6.43. The zero-order valence-corrected chi connectivity index (χ0v) is 17.4. The van der Waals surface area contributed by atoms with E-state index in [-0.39, 0.29) is 17.2 Å². The van der Waals surface area contributed by atoms with Crippen molar-refractivity contribution in [2.45, 2.75) is 40.0 Å². The number of fused-ring (bicyclic) bond motifs is 1. The average Bonchev–Trinajstić information content (AvgIpc) is 3.21. The van der Waals surface area contributed by atoms with Gasteiger partial charge in [0.15, 0.2) is 11.8 Å². The fourth-order valence-electron chi connectivity index (χ4n) is 2.86. The highest BCUT2D eigenvalue weighted by Crippen LogP contribution is 2.16. The third kappa shape index (κ3) is 4.89. The molecule has 0 aliphatic heterocycles. The van der Waals surface area contributed by atoms with Gasteiger partial charge in [0.1, 0.15) is 0 Å². The number of amides is 1. The van der Waals surface area contributed by atoms with E-state index in [9.17, 15) is 14.4 Å². The van der Waals surface area contributed by atoms with Crippen molar-refractivity contribution in [3.05, 3.63) is 62.7 Å². The van der Waals surface area contributed by atoms with Gasteiger partial charge in [-0.1, -0.05) is 38.1 Å². The summed E-state index contributed by atoms with van der Waals surface area (Å²) < 4.78 is 6.63. The summed E-state index contributed by atoms with van der Waals surface area (Å²) in [6, 6.07) is 10.6. The number of nitrogens with zero attached hydrogens (tertiary/aromatic N) is 2. The third-order valence-corrected chi connectivity index (χ3v) is 5.15. The number of aromatic nitrogens is 2. The van der Waals surface area contributed by atoms with Crippen molar-refractivity contribution >= 4 is 34.0 Å². The summed E-state index contributed by atoms with van der Waals surface area (Å²) in [6.07, 6.45) is -0.992. The number of benzene rings is 1. The molecule has 0 fully saturated rings. The first-order valence-electron chi connectivity index (χ1n) is 9.37. The summed E-state index contributed by atoms with van der Waals surface area (Å²) in [5.74, 6) is -0.962. The molecule has 0 radical (unpaired) electrons. The first-order valence-corrected chi connectivity index (χ1v) is 10.3. The van der Waals surface area contributed by atoms with E-state index in [1.54, 1.807) is 24.3 Å². The van der Waals surface area contributed by atoms with Crippen LogP contribution >= 0.6 is 11.3 Å². The van der Waals surface area contributed by atoms with Crippen LogP contribution in [0.25, 0.3) is 10.8 Å². The van der Waals surface area contributed by atoms with E-state index in [2.05, 4.69) is 10.4 Å². The standard InChI is InChI=1S/C21H23N3O4S/c1-13(2)12-24-20(26)17-9-5-4-8-16(17)18(23-24)21(27)28-14(3)19(25)22-11-15-7-6-10-29-15/h4-10,13-14H,11-12H2,1-3H3,(H,22,25)/t14-/m0/s1. The number of rotatable bonds is 7. The summed E-state index contributed by atoms with van der Waals surface area (Å²) in [5.41, 5.74) is -0.230. The summed E-state index contributed by atoms with van der Waals surface area (Å²) in [5, 5.41) is 9.71. The fraction of sp³-hybridized carbons (Fsp3) is 0.333. The zero-order chi connectivity index (χ0) is 21.0. The van der Waals surface area contributed by atoms with Gasteiger partial charge in [0.05, 0.1) is 11.9 Å². The Hall–Kier alpha value is -3.00. The van der Waals surface area contributed by atoms with E-state index >= 15 is 0 Å². The van der Waals surface area contributed by atoms with E-state index in [1.165, 1.54) is 22.9 Å². The second kappa shape index (κ2) is 9.00. The normalized spacial score (nSPS) is 12.1. The van der Waals surface area contributed by atoms with Gasteiger partial charge in [0, 0.05) is 16.8 Å². The van der Waals surface area contributed by atoms with Crippen LogP contribution in [0.4, 0.5) is 0 Å². The van der Waals surface area contributed by atoms with Gasteiger partial charge < -0.3 is 10.1 Å². The minimum Gasteiger partial charge on any atom is -0.448 e. The summed E-state index contributed by atoms with van der Waals surface area (Å²) in [6.45, 7) is 6.18. The van der Waals surface area contributed by atoms with Gasteiger partial charge in [0.25, 0.3) is 11.5 Å². The lowest BCUT2D eigenvalue weighted by atomic mass is 10.1. The number of nitrogens with one attached hydrogen (secondary N) is 1. The number of carbonyl (C=O) groups excluding carboxylic acids is 2. The monoisotopic (exact) mass is 413 g/mol. The van der Waals surface area contributed by atoms with Crippen molar-refractivity contribution < 1.29 is 14.3 Å². The smallest absolute Gasteiger partial charge is 0.360 e. The second-order valence-corrected chi connectivity index (χ2v) is 8.15. The lowest BCUT2D eigenvalue weighted by Crippen LogP contribution is -2.36. The Morgan fingerprint density at radius 1 is 1.14 bits per heavy atom. The van der Waals surface area contributed by atoms with Crippen LogP contribution in [0.2, 0.25) is 0 Å². The molecule has 2 aromatic heterocycles. The number of esters is 1. The maximum atomic E-state index is 12.8. The number of ether oxygens (including phenoxy) is 1. The zero-order valence-electron chi connectivity index (χ0n) is 16.5. The fourth-order valence-corrected chi connectivity index (χ4v) is 3.50. The number of hydrogen-bond acceptors (Lipinski definition) is 6. The van der Waals surface area contributed by atoms with Gasteiger partial charge >= 0.3 is 5.97 Å². The number of hydrogen-bond donors (Lipinski definition) is 1. The maximum absolute atomic E-state index is 12.8. The molecule has 1 N–H and O–H groups in total. The van der Waals surface area contributed by atoms with Crippen molar-refractivity contribution in [3.8, 4) is 0 Å². The molecule has 3 rings (SSSR count). The first kappa shape index (κ1) is 20.7. The maximum Gasteiger partial charge on any atom is 0.360 e. The average molecular weight is 413 g/mol. The molecule has 29 heavy (non-hydrogen) atoms. The molecule has 3 aromatic rings. The van der Waals surface area contributed by atoms with Gasteiger partial charge in [0.2, 0.25) is 0 Å². The van der Waals surface area contributed by atoms with Crippen molar-refractivity contribution in [1.82, 2.24) is 15.1 Å². The molecule has 8 heteroatoms. The van der Waals surface area contributed by atoms with Crippen LogP contribution in [0.15, 0.2) is 46.6 Å². The lowest BCUT2D eigenvalue weighted by molar-refractivity contribution is -0.129. The Labute approximate surface area is 172 Å². The van der Waals surface area contributed by atoms with E-state index in [0.29, 0.717) is 23.9 Å². The predicted molar refractivity (Wildman–Crippen MR) is 112 cm³/mol. The van der Waals surface area contributed by atoms with Crippen LogP contribution < -0.4 is 10.9 Å². The molecule has 1 atom stereocenters. The van der Waals surface area contributed by atoms with E-state index in [1.807, 2.05) is 31.4 Å². The van der Waals surface area contributed by atoms with Crippen molar-refractivity contribution in [2.24, 2.45) is 5.92 Å². The van der Waals surface area contributed by atoms with Crippen LogP contribution in [-0.4, -0.2) is 27.8 Å². The Bertz CT molecular complexity index is 1070. The van der Waals surface area contributed by atoms with Gasteiger partial charge in [-0.15, -0.1) is 11.3 Å². The van der Waals surface area contributed by atoms with Gasteiger partial charge in [-0.05, 0) is 30.4 Å².